The summed E-state index contributed by atoms with van der Waals surface area (Å²) in [7, 11) is 4.69. The van der Waals surface area contributed by atoms with Crippen molar-refractivity contribution < 1.29 is 24.2 Å². The minimum Gasteiger partial charge on any atom is -0.493 e. The Morgan fingerprint density at radius 3 is 2.27 bits per heavy atom. The average Bonchev–Trinajstić information content (AvgIpc) is 2.50. The highest BCUT2D eigenvalue weighted by Gasteiger charge is 2.33. The number of ether oxygens (including phenoxy) is 2. The molecule has 1 aromatic carbocycles. The summed E-state index contributed by atoms with van der Waals surface area (Å²) in [4.78, 5) is 24.7. The van der Waals surface area contributed by atoms with Crippen LogP contribution in [0.3, 0.4) is 0 Å². The maximum absolute atomic E-state index is 12.6. The highest BCUT2D eigenvalue weighted by Crippen LogP contribution is 2.34. The van der Waals surface area contributed by atoms with E-state index in [1.54, 1.807) is 40.1 Å². The molecule has 0 saturated heterocycles. The lowest BCUT2D eigenvalue weighted by Gasteiger charge is -2.30. The zero-order chi connectivity index (χ0) is 16.9. The van der Waals surface area contributed by atoms with Crippen molar-refractivity contribution in [2.24, 2.45) is 0 Å². The van der Waals surface area contributed by atoms with Gasteiger partial charge in [0, 0.05) is 13.6 Å². The van der Waals surface area contributed by atoms with Crippen LogP contribution in [0.2, 0.25) is 0 Å². The highest BCUT2D eigenvalue weighted by molar-refractivity contribution is 5.87. The Balaban J connectivity index is 3.02. The average molecular weight is 309 g/mol. The molecule has 1 rings (SSSR count). The van der Waals surface area contributed by atoms with Crippen LogP contribution in [0, 0.1) is 0 Å². The molecule has 122 valence electrons. The van der Waals surface area contributed by atoms with E-state index < -0.39 is 11.4 Å². The molecule has 0 heterocycles. The number of carboxylic acids is 1. The molecule has 0 bridgehead atoms. The van der Waals surface area contributed by atoms with Crippen molar-refractivity contribution in [3.05, 3.63) is 23.8 Å². The molecule has 0 aromatic heterocycles. The fourth-order valence-electron chi connectivity index (χ4n) is 2.19. The van der Waals surface area contributed by atoms with Crippen molar-refractivity contribution in [2.45, 2.75) is 25.7 Å². The van der Waals surface area contributed by atoms with Crippen molar-refractivity contribution in [1.29, 1.82) is 0 Å². The van der Waals surface area contributed by atoms with E-state index in [9.17, 15) is 9.59 Å². The summed E-state index contributed by atoms with van der Waals surface area (Å²) in [5, 5.41) is 8.72. The molecule has 0 aliphatic heterocycles. The van der Waals surface area contributed by atoms with Gasteiger partial charge in [-0.05, 0) is 31.5 Å². The number of nitrogens with zero attached hydrogens (tertiary/aromatic N) is 1. The van der Waals surface area contributed by atoms with Crippen LogP contribution in [0.15, 0.2) is 18.2 Å². The van der Waals surface area contributed by atoms with Crippen LogP contribution in [0.5, 0.6) is 11.5 Å². The summed E-state index contributed by atoms with van der Waals surface area (Å²) in [6.07, 6.45) is -0.0791. The van der Waals surface area contributed by atoms with E-state index in [0.29, 0.717) is 11.5 Å². The second kappa shape index (κ2) is 7.15. The predicted octanol–water partition coefficient (Wildman–Crippen LogP) is 1.91. The summed E-state index contributed by atoms with van der Waals surface area (Å²) in [5.74, 6) is 0.0623. The monoisotopic (exact) mass is 309 g/mol. The van der Waals surface area contributed by atoms with Gasteiger partial charge in [-0.1, -0.05) is 6.07 Å². The van der Waals surface area contributed by atoms with Crippen LogP contribution in [-0.4, -0.2) is 49.7 Å². The number of hydrogen-bond acceptors (Lipinski definition) is 4. The standard InChI is InChI=1S/C16H23NO5/c1-16(2,15(20)17(3)9-8-14(18)19)11-6-7-12(21-4)13(10-11)22-5/h6-7,10H,8-9H2,1-5H3,(H,18,19). The lowest BCUT2D eigenvalue weighted by atomic mass is 9.83. The van der Waals surface area contributed by atoms with E-state index in [0.717, 1.165) is 5.56 Å². The summed E-state index contributed by atoms with van der Waals surface area (Å²) in [6, 6.07) is 5.33. The molecular formula is C16H23NO5. The number of carbonyl (C=O) groups excluding carboxylic acids is 1. The van der Waals surface area contributed by atoms with E-state index in [1.807, 2.05) is 6.07 Å². The van der Waals surface area contributed by atoms with E-state index in [1.165, 1.54) is 12.0 Å². The third-order valence-corrected chi connectivity index (χ3v) is 3.65. The fourth-order valence-corrected chi connectivity index (χ4v) is 2.19. The number of carbonyl (C=O) groups is 2. The molecule has 0 aliphatic rings. The summed E-state index contributed by atoms with van der Waals surface area (Å²) in [6.45, 7) is 3.77. The van der Waals surface area contributed by atoms with E-state index >= 15 is 0 Å². The topological polar surface area (TPSA) is 76.1 Å². The van der Waals surface area contributed by atoms with Crippen LogP contribution < -0.4 is 9.47 Å². The number of hydrogen-bond donors (Lipinski definition) is 1. The summed E-state index contributed by atoms with van der Waals surface area (Å²) in [5.41, 5.74) is -0.0235. The van der Waals surface area contributed by atoms with Gasteiger partial charge in [0.15, 0.2) is 11.5 Å². The Kier molecular flexibility index (Phi) is 5.79. The number of aliphatic carboxylic acids is 1. The molecule has 0 fully saturated rings. The van der Waals surface area contributed by atoms with Gasteiger partial charge < -0.3 is 19.5 Å². The van der Waals surface area contributed by atoms with Gasteiger partial charge in [0.05, 0.1) is 26.1 Å². The second-order valence-electron chi connectivity index (χ2n) is 5.57. The van der Waals surface area contributed by atoms with Gasteiger partial charge in [-0.15, -0.1) is 0 Å². The molecule has 1 N–H and O–H groups in total. The fraction of sp³-hybridized carbons (Fsp3) is 0.500. The first-order valence-electron chi connectivity index (χ1n) is 6.94. The Hall–Kier alpha value is -2.24. The van der Waals surface area contributed by atoms with Gasteiger partial charge in [0.25, 0.3) is 0 Å². The summed E-state index contributed by atoms with van der Waals surface area (Å²) >= 11 is 0. The largest absolute Gasteiger partial charge is 0.493 e. The zero-order valence-corrected chi connectivity index (χ0v) is 13.7. The Morgan fingerprint density at radius 2 is 1.77 bits per heavy atom. The molecule has 22 heavy (non-hydrogen) atoms. The number of benzene rings is 1. The molecule has 0 spiro atoms. The third-order valence-electron chi connectivity index (χ3n) is 3.65. The van der Waals surface area contributed by atoms with Crippen LogP contribution in [0.4, 0.5) is 0 Å². The molecule has 6 nitrogen and oxygen atoms in total. The normalized spacial score (nSPS) is 11.0. The third kappa shape index (κ3) is 3.90. The van der Waals surface area contributed by atoms with Crippen LogP contribution in [0.1, 0.15) is 25.8 Å². The second-order valence-corrected chi connectivity index (χ2v) is 5.57. The first-order valence-corrected chi connectivity index (χ1v) is 6.94. The lowest BCUT2D eigenvalue weighted by Crippen LogP contribution is -2.42. The zero-order valence-electron chi connectivity index (χ0n) is 13.7. The van der Waals surface area contributed by atoms with E-state index in [2.05, 4.69) is 0 Å². The molecule has 0 saturated carbocycles. The van der Waals surface area contributed by atoms with Gasteiger partial charge in [-0.2, -0.15) is 0 Å². The van der Waals surface area contributed by atoms with Crippen molar-refractivity contribution >= 4 is 11.9 Å². The predicted molar refractivity (Wildman–Crippen MR) is 82.5 cm³/mol. The number of carboxylic acid groups (broad SMARTS) is 1. The first-order chi connectivity index (χ1) is 10.2. The Morgan fingerprint density at radius 1 is 1.18 bits per heavy atom. The Bertz CT molecular complexity index is 553. The maximum Gasteiger partial charge on any atom is 0.305 e. The van der Waals surface area contributed by atoms with E-state index in [-0.39, 0.29) is 18.9 Å². The SMILES string of the molecule is COc1ccc(C(C)(C)C(=O)N(C)CCC(=O)O)cc1OC. The minimum absolute atomic E-state index is 0.0791. The maximum atomic E-state index is 12.6. The molecule has 6 heteroatoms. The molecule has 0 radical (unpaired) electrons. The van der Waals surface area contributed by atoms with Gasteiger partial charge >= 0.3 is 5.97 Å². The number of methoxy groups -OCH3 is 2. The minimum atomic E-state index is -0.927. The van der Waals surface area contributed by atoms with Gasteiger partial charge in [-0.25, -0.2) is 0 Å². The number of rotatable bonds is 7. The number of amides is 1. The van der Waals surface area contributed by atoms with Crippen molar-refractivity contribution in [1.82, 2.24) is 4.90 Å². The molecule has 1 aromatic rings. The van der Waals surface area contributed by atoms with Crippen LogP contribution in [-0.2, 0) is 15.0 Å². The van der Waals surface area contributed by atoms with Gasteiger partial charge in [0.2, 0.25) is 5.91 Å². The Labute approximate surface area is 130 Å². The van der Waals surface area contributed by atoms with Crippen LogP contribution >= 0.6 is 0 Å². The first kappa shape index (κ1) is 17.8. The number of likely N-dealkylation sites (N-methyl/N-ethyl adjacent to an activating group) is 1. The quantitative estimate of drug-likeness (QED) is 0.832. The van der Waals surface area contributed by atoms with Gasteiger partial charge in [-0.3, -0.25) is 9.59 Å². The summed E-state index contributed by atoms with van der Waals surface area (Å²) < 4.78 is 10.5. The molecule has 1 amide bonds. The smallest absolute Gasteiger partial charge is 0.305 e. The molecule has 0 aliphatic carbocycles. The van der Waals surface area contributed by atoms with Crippen LogP contribution in [0.25, 0.3) is 0 Å². The molecule has 0 unspecified atom stereocenters. The molecular weight excluding hydrogens is 286 g/mol. The van der Waals surface area contributed by atoms with Crippen molar-refractivity contribution in [3.8, 4) is 11.5 Å². The highest BCUT2D eigenvalue weighted by atomic mass is 16.5. The van der Waals surface area contributed by atoms with Crippen molar-refractivity contribution in [2.75, 3.05) is 27.8 Å². The van der Waals surface area contributed by atoms with E-state index in [4.69, 9.17) is 14.6 Å². The lowest BCUT2D eigenvalue weighted by molar-refractivity contribution is -0.139. The van der Waals surface area contributed by atoms with Gasteiger partial charge in [0.1, 0.15) is 0 Å². The molecule has 0 atom stereocenters. The van der Waals surface area contributed by atoms with Crippen molar-refractivity contribution in [3.63, 3.8) is 0 Å².